The average molecular weight is 141 g/mol. The lowest BCUT2D eigenvalue weighted by Crippen LogP contribution is -1.80. The lowest BCUT2D eigenvalue weighted by atomic mass is 10.4. The van der Waals surface area contributed by atoms with Gasteiger partial charge in [0, 0.05) is 0 Å². The van der Waals surface area contributed by atoms with Gasteiger partial charge in [-0.15, -0.1) is 10.2 Å². The topological polar surface area (TPSA) is 51.8 Å². The zero-order chi connectivity index (χ0) is 6.85. The van der Waals surface area contributed by atoms with Crippen LogP contribution in [0, 0.1) is 0 Å². The second kappa shape index (κ2) is 2.14. The van der Waals surface area contributed by atoms with Crippen LogP contribution in [0.5, 0.6) is 0 Å². The molecule has 9 heavy (non-hydrogen) atoms. The van der Waals surface area contributed by atoms with Crippen molar-refractivity contribution in [3.05, 3.63) is 11.6 Å². The normalized spacial score (nSPS) is 9.44. The molecule has 0 aromatic carbocycles. The minimum absolute atomic E-state index is 0.494. The van der Waals surface area contributed by atoms with Crippen LogP contribution >= 0.6 is 11.3 Å². The van der Waals surface area contributed by atoms with E-state index in [1.807, 2.05) is 6.92 Å². The fourth-order valence-corrected chi connectivity index (χ4v) is 0.943. The Balaban J connectivity index is 2.98. The molecule has 48 valence electrons. The molecule has 0 aliphatic heterocycles. The van der Waals surface area contributed by atoms with Gasteiger partial charge in [0.05, 0.1) is 0 Å². The van der Waals surface area contributed by atoms with Crippen molar-refractivity contribution >= 4 is 22.0 Å². The van der Waals surface area contributed by atoms with Crippen LogP contribution in [0.4, 0.5) is 5.13 Å². The van der Waals surface area contributed by atoms with E-state index in [-0.39, 0.29) is 0 Å². The van der Waals surface area contributed by atoms with Crippen molar-refractivity contribution in [2.24, 2.45) is 0 Å². The SMILES string of the molecule is C=C(C)c1nnc(N)s1. The molecule has 1 aromatic rings. The smallest absolute Gasteiger partial charge is 0.203 e. The molecule has 1 heterocycles. The highest BCUT2D eigenvalue weighted by Crippen LogP contribution is 2.17. The van der Waals surface area contributed by atoms with Gasteiger partial charge in [0.1, 0.15) is 5.01 Å². The van der Waals surface area contributed by atoms with Gasteiger partial charge >= 0.3 is 0 Å². The third-order valence-electron chi connectivity index (χ3n) is 0.806. The van der Waals surface area contributed by atoms with Crippen LogP contribution in [0.3, 0.4) is 0 Å². The van der Waals surface area contributed by atoms with Crippen molar-refractivity contribution in [1.29, 1.82) is 0 Å². The molecule has 3 nitrogen and oxygen atoms in total. The van der Waals surface area contributed by atoms with Crippen molar-refractivity contribution < 1.29 is 0 Å². The van der Waals surface area contributed by atoms with Crippen molar-refractivity contribution in [2.75, 3.05) is 5.73 Å². The highest BCUT2D eigenvalue weighted by molar-refractivity contribution is 7.16. The maximum Gasteiger partial charge on any atom is 0.203 e. The Bertz CT molecular complexity index is 228. The highest BCUT2D eigenvalue weighted by Gasteiger charge is 1.98. The Morgan fingerprint density at radius 2 is 2.33 bits per heavy atom. The third kappa shape index (κ3) is 1.26. The molecule has 0 spiro atoms. The first-order chi connectivity index (χ1) is 4.20. The minimum Gasteiger partial charge on any atom is -0.374 e. The number of nitrogens with zero attached hydrogens (tertiary/aromatic N) is 2. The quantitative estimate of drug-likeness (QED) is 0.638. The van der Waals surface area contributed by atoms with E-state index in [1.165, 1.54) is 11.3 Å². The summed E-state index contributed by atoms with van der Waals surface area (Å²) in [5, 5.41) is 8.69. The molecule has 0 fully saturated rings. The second-order valence-corrected chi connectivity index (χ2v) is 2.73. The molecule has 0 aliphatic carbocycles. The molecule has 2 N–H and O–H groups in total. The Morgan fingerprint density at radius 3 is 2.56 bits per heavy atom. The van der Waals surface area contributed by atoms with Gasteiger partial charge in [-0.05, 0) is 12.5 Å². The van der Waals surface area contributed by atoms with Crippen LogP contribution < -0.4 is 5.73 Å². The van der Waals surface area contributed by atoms with E-state index >= 15 is 0 Å². The maximum atomic E-state index is 5.32. The molecule has 1 rings (SSSR count). The van der Waals surface area contributed by atoms with Gasteiger partial charge in [-0.3, -0.25) is 0 Å². The first-order valence-electron chi connectivity index (χ1n) is 2.45. The summed E-state index contributed by atoms with van der Waals surface area (Å²) in [5.41, 5.74) is 6.23. The summed E-state index contributed by atoms with van der Waals surface area (Å²) in [7, 11) is 0. The Kier molecular flexibility index (Phi) is 1.48. The van der Waals surface area contributed by atoms with Gasteiger partial charge in [-0.1, -0.05) is 17.9 Å². The van der Waals surface area contributed by atoms with Gasteiger partial charge < -0.3 is 5.73 Å². The number of anilines is 1. The van der Waals surface area contributed by atoms with Gasteiger partial charge in [-0.25, -0.2) is 0 Å². The minimum atomic E-state index is 0.494. The average Bonchev–Trinajstić information content (AvgIpc) is 2.14. The predicted octanol–water partition coefficient (Wildman–Crippen LogP) is 1.15. The first kappa shape index (κ1) is 6.22. The maximum absolute atomic E-state index is 5.32. The van der Waals surface area contributed by atoms with Crippen LogP contribution in [-0.2, 0) is 0 Å². The molecule has 0 saturated heterocycles. The van der Waals surface area contributed by atoms with E-state index < -0.39 is 0 Å². The zero-order valence-electron chi connectivity index (χ0n) is 5.09. The molecule has 0 aliphatic rings. The summed E-state index contributed by atoms with van der Waals surface area (Å²) in [5.74, 6) is 0. The Morgan fingerprint density at radius 1 is 1.67 bits per heavy atom. The summed E-state index contributed by atoms with van der Waals surface area (Å²) in [4.78, 5) is 0. The number of nitrogens with two attached hydrogens (primary N) is 1. The molecular formula is C5H7N3S. The van der Waals surface area contributed by atoms with E-state index in [0.717, 1.165) is 10.6 Å². The number of hydrogen-bond donors (Lipinski definition) is 1. The van der Waals surface area contributed by atoms with Gasteiger partial charge in [-0.2, -0.15) is 0 Å². The molecule has 0 saturated carbocycles. The van der Waals surface area contributed by atoms with E-state index in [9.17, 15) is 0 Å². The van der Waals surface area contributed by atoms with E-state index in [0.29, 0.717) is 5.13 Å². The summed E-state index contributed by atoms with van der Waals surface area (Å²) in [6, 6.07) is 0. The second-order valence-electron chi connectivity index (χ2n) is 1.73. The number of nitrogen functional groups attached to an aromatic ring is 1. The fraction of sp³-hybridized carbons (Fsp3) is 0.200. The van der Waals surface area contributed by atoms with E-state index in [2.05, 4.69) is 16.8 Å². The van der Waals surface area contributed by atoms with Crippen LogP contribution in [0.2, 0.25) is 0 Å². The molecule has 1 aromatic heterocycles. The largest absolute Gasteiger partial charge is 0.374 e. The summed E-state index contributed by atoms with van der Waals surface area (Å²) in [6.07, 6.45) is 0. The summed E-state index contributed by atoms with van der Waals surface area (Å²) >= 11 is 1.35. The zero-order valence-corrected chi connectivity index (χ0v) is 5.90. The van der Waals surface area contributed by atoms with Crippen LogP contribution in [0.15, 0.2) is 6.58 Å². The lowest BCUT2D eigenvalue weighted by molar-refractivity contribution is 1.08. The molecule has 4 heteroatoms. The van der Waals surface area contributed by atoms with Crippen LogP contribution in [0.25, 0.3) is 5.57 Å². The number of rotatable bonds is 1. The summed E-state index contributed by atoms with van der Waals surface area (Å²) < 4.78 is 0. The van der Waals surface area contributed by atoms with Crippen molar-refractivity contribution in [3.8, 4) is 0 Å². The fourth-order valence-electron chi connectivity index (χ4n) is 0.407. The third-order valence-corrected chi connectivity index (χ3v) is 1.72. The molecule has 0 atom stereocenters. The van der Waals surface area contributed by atoms with Crippen LogP contribution in [-0.4, -0.2) is 10.2 Å². The van der Waals surface area contributed by atoms with Crippen molar-refractivity contribution in [2.45, 2.75) is 6.92 Å². The number of aromatic nitrogens is 2. The van der Waals surface area contributed by atoms with E-state index in [4.69, 9.17) is 5.73 Å². The van der Waals surface area contributed by atoms with Crippen LogP contribution in [0.1, 0.15) is 11.9 Å². The van der Waals surface area contributed by atoms with Crippen molar-refractivity contribution in [1.82, 2.24) is 10.2 Å². The molecule has 0 radical (unpaired) electrons. The Labute approximate surface area is 57.2 Å². The van der Waals surface area contributed by atoms with Gasteiger partial charge in [0.25, 0.3) is 0 Å². The lowest BCUT2D eigenvalue weighted by Gasteiger charge is -1.83. The standard InChI is InChI=1S/C5H7N3S/c1-3(2)4-7-8-5(6)9-4/h1H2,2H3,(H2,6,8). The summed E-state index contributed by atoms with van der Waals surface area (Å²) in [6.45, 7) is 5.57. The molecular weight excluding hydrogens is 134 g/mol. The molecule has 0 bridgehead atoms. The monoisotopic (exact) mass is 141 g/mol. The number of hydrogen-bond acceptors (Lipinski definition) is 4. The molecule has 0 unspecified atom stereocenters. The predicted molar refractivity (Wildman–Crippen MR) is 39.0 cm³/mol. The van der Waals surface area contributed by atoms with Crippen molar-refractivity contribution in [3.63, 3.8) is 0 Å². The first-order valence-corrected chi connectivity index (χ1v) is 3.26. The number of allylic oxidation sites excluding steroid dienone is 1. The van der Waals surface area contributed by atoms with Gasteiger partial charge in [0.2, 0.25) is 5.13 Å². The van der Waals surface area contributed by atoms with E-state index in [1.54, 1.807) is 0 Å². The molecule has 0 amide bonds. The highest BCUT2D eigenvalue weighted by atomic mass is 32.1. The Hall–Kier alpha value is -0.900. The van der Waals surface area contributed by atoms with Gasteiger partial charge in [0.15, 0.2) is 0 Å².